The van der Waals surface area contributed by atoms with Crippen molar-refractivity contribution in [3.8, 4) is 0 Å². The highest BCUT2D eigenvalue weighted by Gasteiger charge is 2.54. The number of rotatable bonds is 6. The molecule has 9 heteroatoms. The molecule has 1 fully saturated rings. The van der Waals surface area contributed by atoms with Crippen LogP contribution in [0.25, 0.3) is 0 Å². The number of hydrogen-bond acceptors (Lipinski definition) is 5. The third-order valence-corrected chi connectivity index (χ3v) is 7.79. The summed E-state index contributed by atoms with van der Waals surface area (Å²) >= 11 is 8.88. The number of fused-ring (bicyclic) bond motifs is 1. The Kier molecular flexibility index (Phi) is 6.08. The summed E-state index contributed by atoms with van der Waals surface area (Å²) in [5, 5.41) is 12.6. The lowest BCUT2D eigenvalue weighted by molar-refractivity contribution is -0.150. The van der Waals surface area contributed by atoms with E-state index in [2.05, 4.69) is 5.32 Å². The van der Waals surface area contributed by atoms with E-state index in [1.807, 2.05) is 36.4 Å². The topological polar surface area (TPSA) is 86.7 Å². The standard InChI is InChI=1S/C21H17ClN2O4S2/c22-13-8-4-5-9-14(13)30-15-11-29-20-17(19(26)24(20)18(15)21(27)28)23-16(25)10-12-6-2-1-3-7-12/h1-9,17,20H,10-11H2,(H,23,25)(H,27,28)/t17-,20-/m1/s1. The normalized spacial score (nSPS) is 20.4. The quantitative estimate of drug-likeness (QED) is 0.643. The molecule has 2 amide bonds. The van der Waals surface area contributed by atoms with E-state index < -0.39 is 23.3 Å². The van der Waals surface area contributed by atoms with Gasteiger partial charge in [0.25, 0.3) is 5.91 Å². The number of β-lactam (4-membered cyclic amide) rings is 1. The number of amides is 2. The van der Waals surface area contributed by atoms with Crippen LogP contribution in [-0.2, 0) is 20.8 Å². The van der Waals surface area contributed by atoms with Crippen LogP contribution in [-0.4, -0.2) is 45.0 Å². The van der Waals surface area contributed by atoms with Crippen molar-refractivity contribution in [1.29, 1.82) is 0 Å². The third-order valence-electron chi connectivity index (χ3n) is 4.73. The van der Waals surface area contributed by atoms with Gasteiger partial charge in [0.1, 0.15) is 17.1 Å². The zero-order chi connectivity index (χ0) is 21.3. The highest BCUT2D eigenvalue weighted by Crippen LogP contribution is 2.46. The number of hydrogen-bond donors (Lipinski definition) is 2. The van der Waals surface area contributed by atoms with Crippen LogP contribution in [0.2, 0.25) is 5.02 Å². The Morgan fingerprint density at radius 3 is 2.57 bits per heavy atom. The number of nitrogens with zero attached hydrogens (tertiary/aromatic N) is 1. The van der Waals surface area contributed by atoms with Gasteiger partial charge in [-0.25, -0.2) is 4.79 Å². The summed E-state index contributed by atoms with van der Waals surface area (Å²) in [5.74, 6) is -1.44. The third kappa shape index (κ3) is 4.08. The highest BCUT2D eigenvalue weighted by atomic mass is 35.5. The fraction of sp³-hybridized carbons (Fsp3) is 0.190. The first-order valence-electron chi connectivity index (χ1n) is 9.12. The van der Waals surface area contributed by atoms with Crippen molar-refractivity contribution in [3.05, 3.63) is 75.8 Å². The maximum Gasteiger partial charge on any atom is 0.353 e. The van der Waals surface area contributed by atoms with Gasteiger partial charge in [0.15, 0.2) is 0 Å². The summed E-state index contributed by atoms with van der Waals surface area (Å²) in [7, 11) is 0. The van der Waals surface area contributed by atoms with Crippen LogP contribution >= 0.6 is 35.1 Å². The Balaban J connectivity index is 1.49. The van der Waals surface area contributed by atoms with Gasteiger partial charge in [-0.2, -0.15) is 0 Å². The number of halogens is 1. The molecule has 0 radical (unpaired) electrons. The maximum absolute atomic E-state index is 12.7. The Labute approximate surface area is 186 Å². The Morgan fingerprint density at radius 2 is 1.87 bits per heavy atom. The minimum Gasteiger partial charge on any atom is -0.477 e. The maximum atomic E-state index is 12.7. The largest absolute Gasteiger partial charge is 0.477 e. The number of benzene rings is 2. The van der Waals surface area contributed by atoms with Gasteiger partial charge in [-0.1, -0.05) is 65.8 Å². The highest BCUT2D eigenvalue weighted by molar-refractivity contribution is 8.06. The van der Waals surface area contributed by atoms with Gasteiger partial charge in [-0.05, 0) is 17.7 Å². The predicted molar refractivity (Wildman–Crippen MR) is 117 cm³/mol. The lowest BCUT2D eigenvalue weighted by Gasteiger charge is -2.49. The second-order valence-electron chi connectivity index (χ2n) is 6.73. The number of carbonyl (C=O) groups excluding carboxylic acids is 2. The van der Waals surface area contributed by atoms with Gasteiger partial charge in [-0.3, -0.25) is 14.5 Å². The van der Waals surface area contributed by atoms with Crippen molar-refractivity contribution in [2.45, 2.75) is 22.7 Å². The molecule has 1 saturated heterocycles. The van der Waals surface area contributed by atoms with Crippen molar-refractivity contribution in [1.82, 2.24) is 10.2 Å². The molecule has 30 heavy (non-hydrogen) atoms. The van der Waals surface area contributed by atoms with E-state index in [9.17, 15) is 19.5 Å². The van der Waals surface area contributed by atoms with Gasteiger partial charge in [-0.15, -0.1) is 11.8 Å². The van der Waals surface area contributed by atoms with E-state index >= 15 is 0 Å². The molecule has 0 saturated carbocycles. The Morgan fingerprint density at radius 1 is 1.17 bits per heavy atom. The Bertz CT molecular complexity index is 1040. The molecule has 2 aromatic rings. The van der Waals surface area contributed by atoms with Crippen molar-refractivity contribution in [2.24, 2.45) is 0 Å². The first-order valence-corrected chi connectivity index (χ1v) is 11.4. The van der Waals surface area contributed by atoms with Gasteiger partial charge < -0.3 is 10.4 Å². The van der Waals surface area contributed by atoms with Crippen LogP contribution in [0.4, 0.5) is 0 Å². The number of nitrogens with one attached hydrogen (secondary N) is 1. The monoisotopic (exact) mass is 460 g/mol. The second-order valence-corrected chi connectivity index (χ2v) is 9.38. The number of thioether (sulfide) groups is 2. The van der Waals surface area contributed by atoms with Crippen molar-refractivity contribution >= 4 is 52.9 Å². The summed E-state index contributed by atoms with van der Waals surface area (Å²) in [4.78, 5) is 39.6. The minimum absolute atomic E-state index is 0.0396. The molecular formula is C21H17ClN2O4S2. The molecule has 4 rings (SSSR count). The van der Waals surface area contributed by atoms with Gasteiger partial charge in [0, 0.05) is 15.6 Å². The average Bonchev–Trinajstić information content (AvgIpc) is 2.73. The molecular weight excluding hydrogens is 444 g/mol. The predicted octanol–water partition coefficient (Wildman–Crippen LogP) is 3.37. The first-order chi connectivity index (χ1) is 14.5. The lowest BCUT2D eigenvalue weighted by Crippen LogP contribution is -2.70. The number of aliphatic carboxylic acids is 1. The molecule has 0 spiro atoms. The lowest BCUT2D eigenvalue weighted by atomic mass is 10.0. The molecule has 6 nitrogen and oxygen atoms in total. The van der Waals surface area contributed by atoms with Crippen LogP contribution in [0, 0.1) is 0 Å². The van der Waals surface area contributed by atoms with E-state index in [0.29, 0.717) is 15.7 Å². The number of carboxylic acid groups (broad SMARTS) is 1. The van der Waals surface area contributed by atoms with Gasteiger partial charge in [0.05, 0.1) is 11.4 Å². The van der Waals surface area contributed by atoms with Gasteiger partial charge >= 0.3 is 5.97 Å². The van der Waals surface area contributed by atoms with E-state index in [0.717, 1.165) is 10.5 Å². The minimum atomic E-state index is -1.17. The summed E-state index contributed by atoms with van der Waals surface area (Å²) in [5.41, 5.74) is 0.807. The van der Waals surface area contributed by atoms with Crippen LogP contribution in [0.15, 0.2) is 70.1 Å². The molecule has 2 aliphatic rings. The van der Waals surface area contributed by atoms with E-state index in [4.69, 9.17) is 11.6 Å². The van der Waals surface area contributed by atoms with Crippen molar-refractivity contribution < 1.29 is 19.5 Å². The number of carbonyl (C=O) groups is 3. The molecule has 154 valence electrons. The number of carboxylic acids is 1. The molecule has 2 aliphatic heterocycles. The molecule has 2 aromatic carbocycles. The summed E-state index contributed by atoms with van der Waals surface area (Å²) in [6.07, 6.45) is 0.164. The molecule has 2 atom stereocenters. The van der Waals surface area contributed by atoms with Gasteiger partial charge in [0.2, 0.25) is 5.91 Å². The van der Waals surface area contributed by atoms with Crippen molar-refractivity contribution in [3.63, 3.8) is 0 Å². The average molecular weight is 461 g/mol. The molecule has 0 aliphatic carbocycles. The zero-order valence-electron chi connectivity index (χ0n) is 15.6. The van der Waals surface area contributed by atoms with E-state index in [1.54, 1.807) is 18.2 Å². The molecule has 2 heterocycles. The van der Waals surface area contributed by atoms with Crippen LogP contribution in [0.3, 0.4) is 0 Å². The fourth-order valence-electron chi connectivity index (χ4n) is 3.34. The SMILES string of the molecule is O=C(Cc1ccccc1)N[C@@H]1C(=O)N2C(C(=O)O)=C(Sc3ccccc3Cl)CS[C@H]12. The smallest absolute Gasteiger partial charge is 0.353 e. The fourth-order valence-corrected chi connectivity index (χ4v) is 6.08. The summed E-state index contributed by atoms with van der Waals surface area (Å²) in [6.45, 7) is 0. The van der Waals surface area contributed by atoms with Crippen LogP contribution in [0.1, 0.15) is 5.56 Å². The second kappa shape index (κ2) is 8.75. The molecule has 0 unspecified atom stereocenters. The summed E-state index contributed by atoms with van der Waals surface area (Å²) in [6, 6.07) is 15.7. The van der Waals surface area contributed by atoms with E-state index in [-0.39, 0.29) is 18.0 Å². The van der Waals surface area contributed by atoms with Crippen LogP contribution < -0.4 is 5.32 Å². The molecule has 2 N–H and O–H groups in total. The first kappa shape index (κ1) is 20.8. The van der Waals surface area contributed by atoms with Crippen molar-refractivity contribution in [2.75, 3.05) is 5.75 Å². The van der Waals surface area contributed by atoms with E-state index in [1.165, 1.54) is 28.4 Å². The molecule has 0 aromatic heterocycles. The summed E-state index contributed by atoms with van der Waals surface area (Å²) < 4.78 is 0. The zero-order valence-corrected chi connectivity index (χ0v) is 18.0. The molecule has 0 bridgehead atoms. The van der Waals surface area contributed by atoms with Crippen LogP contribution in [0.5, 0.6) is 0 Å². The Hall–Kier alpha value is -2.42.